The van der Waals surface area contributed by atoms with Gasteiger partial charge in [0.1, 0.15) is 11.9 Å². The molecule has 4 nitrogen and oxygen atoms in total. The number of halogens is 1. The molecule has 128 valence electrons. The van der Waals surface area contributed by atoms with Gasteiger partial charge in [0.05, 0.1) is 0 Å². The zero-order valence-electron chi connectivity index (χ0n) is 13.8. The first-order valence-corrected chi connectivity index (χ1v) is 8.99. The van der Waals surface area contributed by atoms with E-state index in [1.807, 2.05) is 11.0 Å². The second-order valence-corrected chi connectivity index (χ2v) is 7.29. The minimum Gasteiger partial charge on any atom is -0.334 e. The van der Waals surface area contributed by atoms with Crippen LogP contribution in [0.4, 0.5) is 4.39 Å². The number of hydrogen-bond acceptors (Lipinski definition) is 2. The van der Waals surface area contributed by atoms with Crippen LogP contribution in [-0.4, -0.2) is 40.2 Å². The Bertz CT molecular complexity index is 655. The van der Waals surface area contributed by atoms with E-state index in [1.54, 1.807) is 11.0 Å². The molecule has 1 saturated heterocycles. The zero-order chi connectivity index (χ0) is 16.7. The van der Waals surface area contributed by atoms with E-state index in [0.29, 0.717) is 13.1 Å². The molecule has 1 aromatic carbocycles. The van der Waals surface area contributed by atoms with E-state index in [9.17, 15) is 14.0 Å². The van der Waals surface area contributed by atoms with Crippen molar-refractivity contribution in [1.82, 2.24) is 9.80 Å². The first-order chi connectivity index (χ1) is 11.6. The molecule has 0 radical (unpaired) electrons. The Morgan fingerprint density at radius 3 is 2.62 bits per heavy atom. The third-order valence-electron chi connectivity index (χ3n) is 5.26. The summed E-state index contributed by atoms with van der Waals surface area (Å²) in [5.41, 5.74) is 0.813. The van der Waals surface area contributed by atoms with Crippen molar-refractivity contribution in [1.29, 1.82) is 0 Å². The van der Waals surface area contributed by atoms with Gasteiger partial charge in [-0.1, -0.05) is 12.1 Å². The van der Waals surface area contributed by atoms with Crippen molar-refractivity contribution in [3.8, 4) is 0 Å². The molecule has 4 rings (SSSR count). The van der Waals surface area contributed by atoms with Gasteiger partial charge < -0.3 is 9.80 Å². The van der Waals surface area contributed by atoms with Gasteiger partial charge in [-0.25, -0.2) is 4.39 Å². The van der Waals surface area contributed by atoms with Gasteiger partial charge in [-0.15, -0.1) is 0 Å². The Morgan fingerprint density at radius 1 is 1.17 bits per heavy atom. The third-order valence-corrected chi connectivity index (χ3v) is 5.26. The second kappa shape index (κ2) is 6.19. The first kappa shape index (κ1) is 15.6. The highest BCUT2D eigenvalue weighted by Crippen LogP contribution is 2.35. The topological polar surface area (TPSA) is 40.6 Å². The normalized spacial score (nSPS) is 23.4. The lowest BCUT2D eigenvalue weighted by atomic mass is 10.1. The molecule has 5 heteroatoms. The fraction of sp³-hybridized carbons (Fsp3) is 0.579. The monoisotopic (exact) mass is 330 g/mol. The number of likely N-dealkylation sites (tertiary alicyclic amines) is 1. The van der Waals surface area contributed by atoms with Crippen LogP contribution < -0.4 is 0 Å². The molecular weight excluding hydrogens is 307 g/mol. The maximum atomic E-state index is 13.4. The van der Waals surface area contributed by atoms with Crippen LogP contribution in [0.15, 0.2) is 24.3 Å². The number of carbonyl (C=O) groups is 2. The van der Waals surface area contributed by atoms with E-state index in [4.69, 9.17) is 0 Å². The molecular formula is C19H23FN2O2. The zero-order valence-corrected chi connectivity index (χ0v) is 13.8. The predicted molar refractivity (Wildman–Crippen MR) is 87.4 cm³/mol. The molecule has 3 aliphatic rings. The molecule has 0 spiro atoms. The lowest BCUT2D eigenvalue weighted by Gasteiger charge is -2.30. The highest BCUT2D eigenvalue weighted by Gasteiger charge is 2.44. The number of rotatable bonds is 5. The second-order valence-electron chi connectivity index (χ2n) is 7.29. The summed E-state index contributed by atoms with van der Waals surface area (Å²) in [7, 11) is 0. The SMILES string of the molecule is O=C(C1CCCN1C(=O)C1CC1)N(Cc1cccc(F)c1)C1CC1. The average molecular weight is 330 g/mol. The fourth-order valence-corrected chi connectivity index (χ4v) is 3.65. The molecule has 2 amide bonds. The van der Waals surface area contributed by atoms with Gasteiger partial charge in [-0.3, -0.25) is 9.59 Å². The van der Waals surface area contributed by atoms with Crippen molar-refractivity contribution < 1.29 is 14.0 Å². The lowest BCUT2D eigenvalue weighted by molar-refractivity contribution is -0.145. The van der Waals surface area contributed by atoms with Crippen LogP contribution in [0.3, 0.4) is 0 Å². The minimum absolute atomic E-state index is 0.0493. The molecule has 0 N–H and O–H groups in total. The molecule has 1 aromatic rings. The Labute approximate surface area is 141 Å². The molecule has 1 unspecified atom stereocenters. The van der Waals surface area contributed by atoms with Gasteiger partial charge in [0.15, 0.2) is 0 Å². The van der Waals surface area contributed by atoms with Crippen LogP contribution >= 0.6 is 0 Å². The maximum absolute atomic E-state index is 13.4. The van der Waals surface area contributed by atoms with Gasteiger partial charge in [0.2, 0.25) is 11.8 Å². The fourth-order valence-electron chi connectivity index (χ4n) is 3.65. The molecule has 0 aromatic heterocycles. The summed E-state index contributed by atoms with van der Waals surface area (Å²) in [5.74, 6) is 0.0821. The molecule has 1 atom stereocenters. The van der Waals surface area contributed by atoms with E-state index in [2.05, 4.69) is 0 Å². The van der Waals surface area contributed by atoms with Gasteiger partial charge in [0.25, 0.3) is 0 Å². The predicted octanol–water partition coefficient (Wildman–Crippen LogP) is 2.72. The van der Waals surface area contributed by atoms with E-state index in [1.165, 1.54) is 12.1 Å². The van der Waals surface area contributed by atoms with Gasteiger partial charge >= 0.3 is 0 Å². The minimum atomic E-state index is -0.313. The quantitative estimate of drug-likeness (QED) is 0.833. The number of amides is 2. The third kappa shape index (κ3) is 3.17. The summed E-state index contributed by atoms with van der Waals surface area (Å²) in [5, 5.41) is 0. The molecule has 1 heterocycles. The molecule has 2 saturated carbocycles. The van der Waals surface area contributed by atoms with Crippen molar-refractivity contribution in [3.05, 3.63) is 35.6 Å². The average Bonchev–Trinajstić information content (AvgIpc) is 3.49. The highest BCUT2D eigenvalue weighted by atomic mass is 19.1. The molecule has 0 bridgehead atoms. The van der Waals surface area contributed by atoms with Crippen molar-refractivity contribution >= 4 is 11.8 Å². The van der Waals surface area contributed by atoms with E-state index >= 15 is 0 Å². The number of carbonyl (C=O) groups excluding carboxylic acids is 2. The molecule has 24 heavy (non-hydrogen) atoms. The van der Waals surface area contributed by atoms with Crippen molar-refractivity contribution in [2.45, 2.75) is 57.2 Å². The maximum Gasteiger partial charge on any atom is 0.245 e. The van der Waals surface area contributed by atoms with E-state index < -0.39 is 0 Å². The van der Waals surface area contributed by atoms with E-state index in [-0.39, 0.29) is 35.6 Å². The number of benzene rings is 1. The molecule has 1 aliphatic heterocycles. The summed E-state index contributed by atoms with van der Waals surface area (Å²) in [6.45, 7) is 1.13. The largest absolute Gasteiger partial charge is 0.334 e. The Morgan fingerprint density at radius 2 is 1.96 bits per heavy atom. The van der Waals surface area contributed by atoms with Crippen LogP contribution in [0.2, 0.25) is 0 Å². The lowest BCUT2D eigenvalue weighted by Crippen LogP contribution is -2.48. The smallest absolute Gasteiger partial charge is 0.245 e. The summed E-state index contributed by atoms with van der Waals surface area (Å²) >= 11 is 0. The van der Waals surface area contributed by atoms with Crippen LogP contribution in [-0.2, 0) is 16.1 Å². The van der Waals surface area contributed by atoms with Gasteiger partial charge in [-0.05, 0) is 56.2 Å². The standard InChI is InChI=1S/C19H23FN2O2/c20-15-4-1-3-13(11-15)12-22(16-8-9-16)19(24)17-5-2-10-21(17)18(23)14-6-7-14/h1,3-4,11,14,16-17H,2,5-10,12H2. The van der Waals surface area contributed by atoms with Gasteiger partial charge in [-0.2, -0.15) is 0 Å². The summed E-state index contributed by atoms with van der Waals surface area (Å²) in [6.07, 6.45) is 5.59. The van der Waals surface area contributed by atoms with Crippen LogP contribution in [0.1, 0.15) is 44.1 Å². The molecule has 2 aliphatic carbocycles. The van der Waals surface area contributed by atoms with Gasteiger partial charge in [0, 0.05) is 25.0 Å². The Kier molecular flexibility index (Phi) is 4.02. The van der Waals surface area contributed by atoms with E-state index in [0.717, 1.165) is 44.1 Å². The van der Waals surface area contributed by atoms with Crippen LogP contribution in [0.25, 0.3) is 0 Å². The van der Waals surface area contributed by atoms with Crippen molar-refractivity contribution in [3.63, 3.8) is 0 Å². The Balaban J connectivity index is 1.50. The van der Waals surface area contributed by atoms with Crippen molar-refractivity contribution in [2.24, 2.45) is 5.92 Å². The van der Waals surface area contributed by atoms with Crippen molar-refractivity contribution in [2.75, 3.05) is 6.54 Å². The Hall–Kier alpha value is -1.91. The summed E-state index contributed by atoms with van der Waals surface area (Å²) in [6, 6.07) is 6.38. The highest BCUT2D eigenvalue weighted by molar-refractivity contribution is 5.90. The molecule has 3 fully saturated rings. The number of hydrogen-bond donors (Lipinski definition) is 0. The summed E-state index contributed by atoms with van der Waals surface area (Å²) < 4.78 is 13.4. The number of nitrogens with zero attached hydrogens (tertiary/aromatic N) is 2. The first-order valence-electron chi connectivity index (χ1n) is 8.99. The van der Waals surface area contributed by atoms with Crippen LogP contribution in [0, 0.1) is 11.7 Å². The van der Waals surface area contributed by atoms with Crippen LogP contribution in [0.5, 0.6) is 0 Å². The summed E-state index contributed by atoms with van der Waals surface area (Å²) in [4.78, 5) is 29.2.